The minimum absolute atomic E-state index is 1.29. The molecule has 0 aliphatic carbocycles. The molecule has 1 aliphatic rings. The molecule has 1 aliphatic heterocycles. The number of rotatable bonds is 1. The van der Waals surface area contributed by atoms with E-state index in [0.29, 0.717) is 0 Å². The van der Waals surface area contributed by atoms with Gasteiger partial charge in [0, 0.05) is 0 Å². The molecule has 3 aromatic rings. The third-order valence-electron chi connectivity index (χ3n) is 4.52. The predicted molar refractivity (Wildman–Crippen MR) is 96.5 cm³/mol. The van der Waals surface area contributed by atoms with Crippen LogP contribution < -0.4 is 10.9 Å². The second-order valence-corrected chi connectivity index (χ2v) is 6.36. The SMILES string of the molecule is Cc1cccc(-c2ccc3c(c2)[B]c2c(C)cc(C)cc2-3)c1. The lowest BCUT2D eigenvalue weighted by Crippen LogP contribution is -2.23. The van der Waals surface area contributed by atoms with Gasteiger partial charge in [-0.2, -0.15) is 0 Å². The average molecular weight is 281 g/mol. The Hall–Kier alpha value is -2.28. The number of benzene rings is 3. The molecule has 3 aromatic carbocycles. The highest BCUT2D eigenvalue weighted by Crippen LogP contribution is 2.27. The maximum Gasteiger partial charge on any atom is 0.193 e. The molecule has 22 heavy (non-hydrogen) atoms. The van der Waals surface area contributed by atoms with E-state index in [0.717, 1.165) is 0 Å². The number of fused-ring (bicyclic) bond motifs is 3. The Bertz CT molecular complexity index is 890. The highest BCUT2D eigenvalue weighted by atomic mass is 14.2. The topological polar surface area (TPSA) is 0 Å². The molecule has 0 atom stereocenters. The first kappa shape index (κ1) is 13.4. The van der Waals surface area contributed by atoms with Crippen molar-refractivity contribution < 1.29 is 0 Å². The summed E-state index contributed by atoms with van der Waals surface area (Å²) in [6.07, 6.45) is 0. The molecule has 0 nitrogen and oxygen atoms in total. The zero-order valence-corrected chi connectivity index (χ0v) is 13.3. The predicted octanol–water partition coefficient (Wildman–Crippen LogP) is 3.91. The third kappa shape index (κ3) is 2.09. The molecule has 1 radical (unpaired) electrons. The molecule has 0 fully saturated rings. The first-order chi connectivity index (χ1) is 10.6. The van der Waals surface area contributed by atoms with E-state index in [9.17, 15) is 0 Å². The van der Waals surface area contributed by atoms with Crippen LogP contribution in [-0.4, -0.2) is 7.28 Å². The van der Waals surface area contributed by atoms with Crippen LogP contribution in [0.15, 0.2) is 54.6 Å². The summed E-state index contributed by atoms with van der Waals surface area (Å²) in [6, 6.07) is 20.1. The Balaban J connectivity index is 1.84. The van der Waals surface area contributed by atoms with Crippen molar-refractivity contribution in [2.24, 2.45) is 0 Å². The van der Waals surface area contributed by atoms with E-state index >= 15 is 0 Å². The fourth-order valence-electron chi connectivity index (χ4n) is 3.48. The molecule has 4 rings (SSSR count). The van der Waals surface area contributed by atoms with Gasteiger partial charge in [0.2, 0.25) is 0 Å². The smallest absolute Gasteiger partial charge is 0.0731 e. The summed E-state index contributed by atoms with van der Waals surface area (Å²) in [6.45, 7) is 6.52. The van der Waals surface area contributed by atoms with E-state index in [4.69, 9.17) is 0 Å². The van der Waals surface area contributed by atoms with Crippen LogP contribution in [0, 0.1) is 20.8 Å². The second-order valence-electron chi connectivity index (χ2n) is 6.36. The van der Waals surface area contributed by atoms with Crippen molar-refractivity contribution in [3.8, 4) is 22.3 Å². The molecule has 105 valence electrons. The van der Waals surface area contributed by atoms with Crippen molar-refractivity contribution in [3.63, 3.8) is 0 Å². The average Bonchev–Trinajstić information content (AvgIpc) is 2.85. The summed E-state index contributed by atoms with van der Waals surface area (Å²) in [5, 5.41) is 0. The highest BCUT2D eigenvalue weighted by molar-refractivity contribution is 6.74. The van der Waals surface area contributed by atoms with Crippen molar-refractivity contribution >= 4 is 18.2 Å². The Morgan fingerprint density at radius 2 is 1.50 bits per heavy atom. The maximum atomic E-state index is 2.33. The van der Waals surface area contributed by atoms with Crippen LogP contribution in [0.5, 0.6) is 0 Å². The molecule has 0 N–H and O–H groups in total. The van der Waals surface area contributed by atoms with E-state index < -0.39 is 0 Å². The lowest BCUT2D eigenvalue weighted by Gasteiger charge is -2.08. The maximum absolute atomic E-state index is 2.33. The summed E-state index contributed by atoms with van der Waals surface area (Å²) < 4.78 is 0. The van der Waals surface area contributed by atoms with Gasteiger partial charge in [-0.25, -0.2) is 0 Å². The van der Waals surface area contributed by atoms with E-state index in [-0.39, 0.29) is 0 Å². The van der Waals surface area contributed by atoms with Gasteiger partial charge in [0.25, 0.3) is 0 Å². The van der Waals surface area contributed by atoms with Crippen molar-refractivity contribution in [2.45, 2.75) is 20.8 Å². The zero-order valence-electron chi connectivity index (χ0n) is 13.3. The van der Waals surface area contributed by atoms with Crippen molar-refractivity contribution in [1.82, 2.24) is 0 Å². The van der Waals surface area contributed by atoms with Crippen molar-refractivity contribution in [1.29, 1.82) is 0 Å². The van der Waals surface area contributed by atoms with Gasteiger partial charge in [-0.05, 0) is 43.0 Å². The molecule has 0 unspecified atom stereocenters. The molecule has 0 saturated heterocycles. The number of hydrogen-bond donors (Lipinski definition) is 0. The van der Waals surface area contributed by atoms with Gasteiger partial charge < -0.3 is 0 Å². The number of hydrogen-bond acceptors (Lipinski definition) is 0. The van der Waals surface area contributed by atoms with E-state index in [1.807, 2.05) is 0 Å². The van der Waals surface area contributed by atoms with Crippen molar-refractivity contribution in [3.05, 3.63) is 71.3 Å². The van der Waals surface area contributed by atoms with E-state index in [1.165, 1.54) is 49.9 Å². The van der Waals surface area contributed by atoms with Crippen LogP contribution in [-0.2, 0) is 0 Å². The Labute approximate surface area is 133 Å². The summed E-state index contributed by atoms with van der Waals surface area (Å²) in [7, 11) is 2.33. The quantitative estimate of drug-likeness (QED) is 0.464. The van der Waals surface area contributed by atoms with Gasteiger partial charge >= 0.3 is 0 Å². The third-order valence-corrected chi connectivity index (χ3v) is 4.52. The first-order valence-electron chi connectivity index (χ1n) is 7.79. The van der Waals surface area contributed by atoms with E-state index in [1.54, 1.807) is 0 Å². The van der Waals surface area contributed by atoms with Gasteiger partial charge in [0.05, 0.1) is 0 Å². The fraction of sp³-hybridized carbons (Fsp3) is 0.143. The Morgan fingerprint density at radius 1 is 0.682 bits per heavy atom. The summed E-state index contributed by atoms with van der Waals surface area (Å²) in [5.41, 5.74) is 12.0. The molecule has 0 amide bonds. The molecule has 0 spiro atoms. The fourth-order valence-corrected chi connectivity index (χ4v) is 3.48. The normalized spacial score (nSPS) is 11.8. The van der Waals surface area contributed by atoms with Crippen molar-refractivity contribution in [2.75, 3.05) is 0 Å². The second kappa shape index (κ2) is 4.88. The minimum Gasteiger partial charge on any atom is -0.0731 e. The van der Waals surface area contributed by atoms with Crippen LogP contribution in [0.2, 0.25) is 0 Å². The van der Waals surface area contributed by atoms with Gasteiger partial charge in [0.15, 0.2) is 7.28 Å². The first-order valence-corrected chi connectivity index (χ1v) is 7.79. The summed E-state index contributed by atoms with van der Waals surface area (Å²) in [4.78, 5) is 0. The lowest BCUT2D eigenvalue weighted by molar-refractivity contribution is 1.41. The molecule has 0 aromatic heterocycles. The lowest BCUT2D eigenvalue weighted by atomic mass is 9.66. The molecular formula is C21H18B. The van der Waals surface area contributed by atoms with Crippen LogP contribution >= 0.6 is 0 Å². The summed E-state index contributed by atoms with van der Waals surface area (Å²) >= 11 is 0. The van der Waals surface area contributed by atoms with Crippen LogP contribution in [0.1, 0.15) is 16.7 Å². The monoisotopic (exact) mass is 281 g/mol. The van der Waals surface area contributed by atoms with Crippen LogP contribution in [0.25, 0.3) is 22.3 Å². The number of aryl methyl sites for hydroxylation is 3. The highest BCUT2D eigenvalue weighted by Gasteiger charge is 2.21. The largest absolute Gasteiger partial charge is 0.193 e. The van der Waals surface area contributed by atoms with Gasteiger partial charge in [0.1, 0.15) is 0 Å². The minimum atomic E-state index is 1.29. The van der Waals surface area contributed by atoms with Gasteiger partial charge in [-0.15, -0.1) is 0 Å². The van der Waals surface area contributed by atoms with Gasteiger partial charge in [-0.3, -0.25) is 0 Å². The summed E-state index contributed by atoms with van der Waals surface area (Å²) in [5.74, 6) is 0. The van der Waals surface area contributed by atoms with E-state index in [2.05, 4.69) is 82.6 Å². The van der Waals surface area contributed by atoms with Crippen LogP contribution in [0.4, 0.5) is 0 Å². The standard InChI is InChI=1S/C21H18B/c1-13-5-4-6-16(10-13)17-7-8-18-19-11-14(2)9-15(3)21(19)22-20(18)12-17/h4-12H,1-3H3. The molecule has 0 saturated carbocycles. The molecular weight excluding hydrogens is 263 g/mol. The van der Waals surface area contributed by atoms with Crippen LogP contribution in [0.3, 0.4) is 0 Å². The Morgan fingerprint density at radius 3 is 2.32 bits per heavy atom. The van der Waals surface area contributed by atoms with Gasteiger partial charge in [-0.1, -0.05) is 82.2 Å². The molecule has 1 heteroatoms. The molecule has 1 heterocycles. The molecule has 0 bridgehead atoms. The Kier molecular flexibility index (Phi) is 2.97. The zero-order chi connectivity index (χ0) is 15.3.